The molecule has 248 valence electrons. The third-order valence-corrected chi connectivity index (χ3v) is 12.0. The summed E-state index contributed by atoms with van der Waals surface area (Å²) in [4.78, 5) is 0. The number of rotatable bonds is 3. The molecule has 0 saturated carbocycles. The number of hydrogen-bond donors (Lipinski definition) is 0. The predicted molar refractivity (Wildman–Crippen MR) is 228 cm³/mol. The lowest BCUT2D eigenvalue weighted by Crippen LogP contribution is -2.15. The summed E-state index contributed by atoms with van der Waals surface area (Å²) >= 11 is 0. The lowest BCUT2D eigenvalue weighted by Gasteiger charge is -2.24. The van der Waals surface area contributed by atoms with Crippen LogP contribution in [0.5, 0.6) is 0 Å². The van der Waals surface area contributed by atoms with E-state index in [9.17, 15) is 0 Å². The van der Waals surface area contributed by atoms with Crippen LogP contribution in [0.25, 0.3) is 98.4 Å². The Kier molecular flexibility index (Phi) is 6.40. The van der Waals surface area contributed by atoms with Gasteiger partial charge in [0.1, 0.15) is 0 Å². The number of fused-ring (bicyclic) bond motifs is 11. The average molecular weight is 673 g/mol. The Balaban J connectivity index is 1.15. The van der Waals surface area contributed by atoms with Crippen LogP contribution in [0.2, 0.25) is 0 Å². The molecule has 0 heteroatoms. The van der Waals surface area contributed by atoms with Crippen molar-refractivity contribution in [2.75, 3.05) is 0 Å². The van der Waals surface area contributed by atoms with Crippen molar-refractivity contribution >= 4 is 53.9 Å². The van der Waals surface area contributed by atoms with Crippen molar-refractivity contribution in [2.45, 2.75) is 19.3 Å². The Morgan fingerprint density at radius 2 is 0.774 bits per heavy atom. The molecule has 1 aliphatic carbocycles. The Morgan fingerprint density at radius 1 is 0.302 bits per heavy atom. The van der Waals surface area contributed by atoms with Crippen molar-refractivity contribution in [1.29, 1.82) is 0 Å². The Bertz CT molecular complexity index is 3070. The molecule has 0 spiro atoms. The summed E-state index contributed by atoms with van der Waals surface area (Å²) in [6.45, 7) is 4.79. The maximum absolute atomic E-state index is 2.48. The molecule has 0 atom stereocenters. The largest absolute Gasteiger partial charge is 0.0622 e. The fourth-order valence-corrected chi connectivity index (χ4v) is 9.62. The second-order valence-electron chi connectivity index (χ2n) is 15.2. The van der Waals surface area contributed by atoms with Gasteiger partial charge in [0.05, 0.1) is 0 Å². The molecule has 0 unspecified atom stereocenters. The van der Waals surface area contributed by atoms with Gasteiger partial charge in [0.15, 0.2) is 0 Å². The first-order valence-electron chi connectivity index (χ1n) is 18.7. The van der Waals surface area contributed by atoms with Crippen molar-refractivity contribution in [3.8, 4) is 44.5 Å². The fourth-order valence-electron chi connectivity index (χ4n) is 9.62. The first-order valence-corrected chi connectivity index (χ1v) is 18.7. The molecular formula is C53H36. The van der Waals surface area contributed by atoms with Crippen molar-refractivity contribution < 1.29 is 0 Å². The number of hydrogen-bond acceptors (Lipinski definition) is 0. The SMILES string of the molecule is CC1(C)c2ccccc2-c2c1c1ccc(-c3c4ccccc4c(-c4ccc5cc(-c6ccccc6)ccc5c4)c4ccccc34)cc1c1ccccc21. The Labute approximate surface area is 309 Å². The van der Waals surface area contributed by atoms with Gasteiger partial charge in [-0.2, -0.15) is 0 Å². The first-order chi connectivity index (χ1) is 26.1. The van der Waals surface area contributed by atoms with E-state index in [0.29, 0.717) is 0 Å². The molecule has 0 aliphatic heterocycles. The standard InChI is InChI=1S/C53H36/c1-53(2)48-23-13-12-22-46(48)51-40-17-7-6-16-39(40)47-32-38(28-29-45(47)52(51)53)50-43-20-10-8-18-41(43)49(42-19-9-11-21-44(42)50)37-27-26-35-30-34(24-25-36(35)31-37)33-14-4-3-5-15-33/h3-32H,1-2H3. The van der Waals surface area contributed by atoms with Crippen LogP contribution in [0.4, 0.5) is 0 Å². The van der Waals surface area contributed by atoms with E-state index in [1.807, 2.05) is 0 Å². The van der Waals surface area contributed by atoms with Crippen LogP contribution < -0.4 is 0 Å². The summed E-state index contributed by atoms with van der Waals surface area (Å²) in [6, 6.07) is 67.8. The summed E-state index contributed by atoms with van der Waals surface area (Å²) in [5.41, 5.74) is 13.1. The van der Waals surface area contributed by atoms with E-state index in [1.54, 1.807) is 0 Å². The lowest BCUT2D eigenvalue weighted by molar-refractivity contribution is 0.666. The maximum Gasteiger partial charge on any atom is 0.0165 e. The highest BCUT2D eigenvalue weighted by molar-refractivity contribution is 6.24. The molecule has 1 aliphatic rings. The van der Waals surface area contributed by atoms with E-state index in [-0.39, 0.29) is 5.41 Å². The first kappa shape index (κ1) is 30.2. The molecular weight excluding hydrogens is 637 g/mol. The molecule has 0 nitrogen and oxygen atoms in total. The van der Waals surface area contributed by atoms with Crippen molar-refractivity contribution in [3.05, 3.63) is 193 Å². The van der Waals surface area contributed by atoms with Gasteiger partial charge in [0, 0.05) is 5.41 Å². The third kappa shape index (κ3) is 4.36. The lowest BCUT2D eigenvalue weighted by atomic mass is 9.78. The average Bonchev–Trinajstić information content (AvgIpc) is 3.46. The van der Waals surface area contributed by atoms with E-state index in [4.69, 9.17) is 0 Å². The molecule has 10 aromatic rings. The van der Waals surface area contributed by atoms with Crippen LogP contribution in [-0.2, 0) is 5.41 Å². The maximum atomic E-state index is 2.48. The van der Waals surface area contributed by atoms with Crippen LogP contribution in [-0.4, -0.2) is 0 Å². The van der Waals surface area contributed by atoms with Gasteiger partial charge in [0.2, 0.25) is 0 Å². The molecule has 0 fully saturated rings. The van der Waals surface area contributed by atoms with Gasteiger partial charge < -0.3 is 0 Å². The van der Waals surface area contributed by atoms with E-state index < -0.39 is 0 Å². The van der Waals surface area contributed by atoms with Gasteiger partial charge in [-0.1, -0.05) is 178 Å². The normalized spacial score (nSPS) is 13.2. The topological polar surface area (TPSA) is 0 Å². The van der Waals surface area contributed by atoms with E-state index in [0.717, 1.165) is 0 Å². The molecule has 0 N–H and O–H groups in total. The summed E-state index contributed by atoms with van der Waals surface area (Å²) in [5.74, 6) is 0. The molecule has 0 saturated heterocycles. The van der Waals surface area contributed by atoms with Gasteiger partial charge in [-0.05, 0) is 128 Å². The zero-order valence-corrected chi connectivity index (χ0v) is 29.8. The Hall–Kier alpha value is -6.50. The van der Waals surface area contributed by atoms with Gasteiger partial charge in [-0.3, -0.25) is 0 Å². The second-order valence-corrected chi connectivity index (χ2v) is 15.2. The summed E-state index contributed by atoms with van der Waals surface area (Å²) < 4.78 is 0. The minimum atomic E-state index is -0.0975. The molecule has 0 amide bonds. The van der Waals surface area contributed by atoms with Crippen molar-refractivity contribution in [1.82, 2.24) is 0 Å². The second kappa shape index (κ2) is 11.2. The summed E-state index contributed by atoms with van der Waals surface area (Å²) in [6.07, 6.45) is 0. The minimum absolute atomic E-state index is 0.0975. The molecule has 53 heavy (non-hydrogen) atoms. The van der Waals surface area contributed by atoms with E-state index in [2.05, 4.69) is 196 Å². The predicted octanol–water partition coefficient (Wildman–Crippen LogP) is 14.8. The molecule has 11 rings (SSSR count). The van der Waals surface area contributed by atoms with Gasteiger partial charge >= 0.3 is 0 Å². The molecule has 10 aromatic carbocycles. The molecule has 0 bridgehead atoms. The monoisotopic (exact) mass is 672 g/mol. The summed E-state index contributed by atoms with van der Waals surface area (Å²) in [7, 11) is 0. The van der Waals surface area contributed by atoms with Gasteiger partial charge in [-0.25, -0.2) is 0 Å². The highest BCUT2D eigenvalue weighted by Crippen LogP contribution is 2.55. The van der Waals surface area contributed by atoms with Crippen LogP contribution >= 0.6 is 0 Å². The van der Waals surface area contributed by atoms with Crippen LogP contribution in [0.1, 0.15) is 25.0 Å². The molecule has 0 heterocycles. The highest BCUT2D eigenvalue weighted by atomic mass is 14.4. The molecule has 0 radical (unpaired) electrons. The van der Waals surface area contributed by atoms with E-state index >= 15 is 0 Å². The van der Waals surface area contributed by atoms with E-state index in [1.165, 1.54) is 109 Å². The summed E-state index contributed by atoms with van der Waals surface area (Å²) in [5, 5.41) is 12.9. The highest BCUT2D eigenvalue weighted by Gasteiger charge is 2.38. The molecule has 0 aromatic heterocycles. The van der Waals surface area contributed by atoms with Gasteiger partial charge in [-0.15, -0.1) is 0 Å². The Morgan fingerprint density at radius 3 is 1.42 bits per heavy atom. The van der Waals surface area contributed by atoms with Crippen LogP contribution in [0.15, 0.2) is 182 Å². The van der Waals surface area contributed by atoms with Crippen LogP contribution in [0.3, 0.4) is 0 Å². The zero-order chi connectivity index (χ0) is 35.3. The smallest absolute Gasteiger partial charge is 0.0165 e. The minimum Gasteiger partial charge on any atom is -0.0622 e. The van der Waals surface area contributed by atoms with Crippen LogP contribution in [0, 0.1) is 0 Å². The zero-order valence-electron chi connectivity index (χ0n) is 29.8. The third-order valence-electron chi connectivity index (χ3n) is 12.0. The van der Waals surface area contributed by atoms with Crippen molar-refractivity contribution in [2.24, 2.45) is 0 Å². The quantitative estimate of drug-likeness (QED) is 0.129. The fraction of sp³-hybridized carbons (Fsp3) is 0.0566. The van der Waals surface area contributed by atoms with Crippen molar-refractivity contribution in [3.63, 3.8) is 0 Å². The number of benzene rings is 10. The van der Waals surface area contributed by atoms with Gasteiger partial charge in [0.25, 0.3) is 0 Å².